The van der Waals surface area contributed by atoms with E-state index < -0.39 is 30.6 Å². The smallest absolute Gasteiger partial charge is 0.173 e. The normalized spacial score (nSPS) is 33.9. The van der Waals surface area contributed by atoms with Gasteiger partial charge in [0.05, 0.1) is 12.9 Å². The number of hydrogen-bond donors (Lipinski definition) is 4. The quantitative estimate of drug-likeness (QED) is 0.505. The lowest BCUT2D eigenvalue weighted by Crippen LogP contribution is -2.43. The van der Waals surface area contributed by atoms with E-state index in [9.17, 15) is 15.3 Å². The van der Waals surface area contributed by atoms with Crippen LogP contribution in [0.3, 0.4) is 0 Å². The van der Waals surface area contributed by atoms with E-state index in [1.54, 1.807) is 6.92 Å². The van der Waals surface area contributed by atoms with E-state index >= 15 is 0 Å². The van der Waals surface area contributed by atoms with E-state index in [-0.39, 0.29) is 5.82 Å². The number of aliphatic hydroxyl groups is 3. The molecule has 0 aromatic carbocycles. The van der Waals surface area contributed by atoms with Gasteiger partial charge in [-0.3, -0.25) is 4.57 Å². The van der Waals surface area contributed by atoms with Gasteiger partial charge in [0.1, 0.15) is 30.2 Å². The van der Waals surface area contributed by atoms with E-state index in [4.69, 9.17) is 10.5 Å². The Morgan fingerprint density at radius 1 is 1.40 bits per heavy atom. The first kappa shape index (κ1) is 13.2. The zero-order chi connectivity index (χ0) is 14.5. The number of ether oxygens (including phenoxy) is 1. The Balaban J connectivity index is 2.13. The van der Waals surface area contributed by atoms with Crippen LogP contribution in [0.5, 0.6) is 0 Å². The zero-order valence-corrected chi connectivity index (χ0v) is 10.7. The lowest BCUT2D eigenvalue weighted by molar-refractivity contribution is -0.132. The van der Waals surface area contributed by atoms with Crippen LogP contribution in [0.25, 0.3) is 11.2 Å². The molecule has 1 aliphatic rings. The van der Waals surface area contributed by atoms with Gasteiger partial charge in [-0.25, -0.2) is 15.0 Å². The summed E-state index contributed by atoms with van der Waals surface area (Å²) >= 11 is 0. The fourth-order valence-electron chi connectivity index (χ4n) is 2.49. The van der Waals surface area contributed by atoms with Gasteiger partial charge in [0, 0.05) is 0 Å². The highest BCUT2D eigenvalue weighted by Crippen LogP contribution is 2.37. The molecule has 0 amide bonds. The third-order valence-electron chi connectivity index (χ3n) is 3.66. The molecule has 0 saturated carbocycles. The summed E-state index contributed by atoms with van der Waals surface area (Å²) in [6.45, 7) is 1.17. The maximum Gasteiger partial charge on any atom is 0.173 e. The van der Waals surface area contributed by atoms with Gasteiger partial charge in [0.2, 0.25) is 0 Å². The SMILES string of the molecule is CC1(n2cnc3c(N)ncnc32)O[C@H](CO)C(O)C1O. The lowest BCUT2D eigenvalue weighted by Gasteiger charge is -2.29. The number of nitrogens with two attached hydrogens (primary N) is 1. The first-order valence-electron chi connectivity index (χ1n) is 6.08. The summed E-state index contributed by atoms with van der Waals surface area (Å²) < 4.78 is 7.06. The molecule has 3 rings (SSSR count). The second kappa shape index (κ2) is 4.35. The highest BCUT2D eigenvalue weighted by molar-refractivity contribution is 5.81. The van der Waals surface area contributed by atoms with E-state index in [0.29, 0.717) is 11.2 Å². The Kier molecular flexibility index (Phi) is 2.87. The second-order valence-corrected chi connectivity index (χ2v) is 4.87. The fraction of sp³-hybridized carbons (Fsp3) is 0.545. The molecule has 1 aliphatic heterocycles. The van der Waals surface area contributed by atoms with Crippen LogP contribution in [0.4, 0.5) is 5.82 Å². The topological polar surface area (TPSA) is 140 Å². The van der Waals surface area contributed by atoms with Crippen molar-refractivity contribution in [3.8, 4) is 0 Å². The van der Waals surface area contributed by atoms with Gasteiger partial charge in [0.15, 0.2) is 17.2 Å². The van der Waals surface area contributed by atoms with Crippen LogP contribution in [-0.2, 0) is 10.5 Å². The van der Waals surface area contributed by atoms with Crippen molar-refractivity contribution in [3.05, 3.63) is 12.7 Å². The van der Waals surface area contributed by atoms with Crippen molar-refractivity contribution in [2.45, 2.75) is 31.0 Å². The van der Waals surface area contributed by atoms with Crippen LogP contribution >= 0.6 is 0 Å². The first-order valence-corrected chi connectivity index (χ1v) is 6.08. The number of aliphatic hydroxyl groups excluding tert-OH is 3. The molecule has 5 N–H and O–H groups in total. The van der Waals surface area contributed by atoms with Gasteiger partial charge in [0.25, 0.3) is 0 Å². The minimum atomic E-state index is -1.30. The van der Waals surface area contributed by atoms with Gasteiger partial charge in [-0.1, -0.05) is 0 Å². The van der Waals surface area contributed by atoms with Crippen molar-refractivity contribution in [1.29, 1.82) is 0 Å². The molecule has 9 heteroatoms. The lowest BCUT2D eigenvalue weighted by atomic mass is 10.0. The van der Waals surface area contributed by atoms with Crippen LogP contribution < -0.4 is 5.73 Å². The average molecular weight is 281 g/mol. The maximum atomic E-state index is 10.2. The van der Waals surface area contributed by atoms with Gasteiger partial charge >= 0.3 is 0 Å². The number of anilines is 1. The number of hydrogen-bond acceptors (Lipinski definition) is 8. The number of rotatable bonds is 2. The third kappa shape index (κ3) is 1.61. The van der Waals surface area contributed by atoms with Gasteiger partial charge in [-0.15, -0.1) is 0 Å². The van der Waals surface area contributed by atoms with E-state index in [0.717, 1.165) is 0 Å². The molecule has 4 atom stereocenters. The van der Waals surface area contributed by atoms with Crippen molar-refractivity contribution >= 4 is 17.0 Å². The van der Waals surface area contributed by atoms with Gasteiger partial charge < -0.3 is 25.8 Å². The van der Waals surface area contributed by atoms with Crippen molar-refractivity contribution in [3.63, 3.8) is 0 Å². The monoisotopic (exact) mass is 281 g/mol. The summed E-state index contributed by atoms with van der Waals surface area (Å²) in [6.07, 6.45) is -0.646. The molecular formula is C11H15N5O4. The molecular weight excluding hydrogens is 266 g/mol. The molecule has 0 radical (unpaired) electrons. The Labute approximate surface area is 113 Å². The Hall–Kier alpha value is -1.81. The first-order chi connectivity index (χ1) is 9.49. The number of fused-ring (bicyclic) bond motifs is 1. The fourth-order valence-corrected chi connectivity index (χ4v) is 2.49. The largest absolute Gasteiger partial charge is 0.394 e. The predicted molar refractivity (Wildman–Crippen MR) is 67.4 cm³/mol. The number of nitrogen functional groups attached to an aromatic ring is 1. The Morgan fingerprint density at radius 2 is 2.15 bits per heavy atom. The van der Waals surface area contributed by atoms with Crippen molar-refractivity contribution < 1.29 is 20.1 Å². The standard InChI is InChI=1S/C11H15N5O4/c1-11(8(19)7(18)5(2-17)20-11)16-4-15-6-9(12)13-3-14-10(6)16/h3-5,7-8,17-19H,2H2,1H3,(H2,12,13,14)/t5-,7?,8?,11?/m1/s1. The summed E-state index contributed by atoms with van der Waals surface area (Å²) in [5.41, 5.74) is 5.16. The van der Waals surface area contributed by atoms with Gasteiger partial charge in [-0.05, 0) is 6.92 Å². The highest BCUT2D eigenvalue weighted by atomic mass is 16.6. The van der Waals surface area contributed by atoms with Crippen molar-refractivity contribution in [1.82, 2.24) is 19.5 Å². The Bertz CT molecular complexity index is 647. The van der Waals surface area contributed by atoms with Crippen LogP contribution in [0.2, 0.25) is 0 Å². The van der Waals surface area contributed by atoms with Crippen LogP contribution in [0.1, 0.15) is 6.92 Å². The molecule has 3 unspecified atom stereocenters. The van der Waals surface area contributed by atoms with E-state index in [2.05, 4.69) is 15.0 Å². The average Bonchev–Trinajstić information content (AvgIpc) is 2.96. The number of imidazole rings is 1. The molecule has 2 aromatic heterocycles. The number of aromatic nitrogens is 4. The zero-order valence-electron chi connectivity index (χ0n) is 10.7. The van der Waals surface area contributed by atoms with Crippen LogP contribution in [0, 0.1) is 0 Å². The summed E-state index contributed by atoms with van der Waals surface area (Å²) in [5, 5.41) is 29.3. The molecule has 1 fully saturated rings. The molecule has 0 bridgehead atoms. The maximum absolute atomic E-state index is 10.2. The minimum absolute atomic E-state index is 0.212. The van der Waals surface area contributed by atoms with Crippen molar-refractivity contribution in [2.24, 2.45) is 0 Å². The molecule has 20 heavy (non-hydrogen) atoms. The molecule has 0 aliphatic carbocycles. The minimum Gasteiger partial charge on any atom is -0.394 e. The van der Waals surface area contributed by atoms with E-state index in [1.807, 2.05) is 0 Å². The van der Waals surface area contributed by atoms with Crippen LogP contribution in [-0.4, -0.2) is 59.8 Å². The third-order valence-corrected chi connectivity index (χ3v) is 3.66. The molecule has 0 spiro atoms. The molecule has 3 heterocycles. The van der Waals surface area contributed by atoms with Crippen LogP contribution in [0.15, 0.2) is 12.7 Å². The van der Waals surface area contributed by atoms with Gasteiger partial charge in [-0.2, -0.15) is 0 Å². The second-order valence-electron chi connectivity index (χ2n) is 4.87. The molecule has 9 nitrogen and oxygen atoms in total. The number of nitrogens with zero attached hydrogens (tertiary/aromatic N) is 4. The molecule has 108 valence electrons. The summed E-state index contributed by atoms with van der Waals surface area (Å²) in [7, 11) is 0. The highest BCUT2D eigenvalue weighted by Gasteiger charge is 2.52. The summed E-state index contributed by atoms with van der Waals surface area (Å²) in [4.78, 5) is 12.0. The summed E-state index contributed by atoms with van der Waals surface area (Å²) in [6, 6.07) is 0. The molecule has 1 saturated heterocycles. The summed E-state index contributed by atoms with van der Waals surface area (Å²) in [5.74, 6) is 0.212. The van der Waals surface area contributed by atoms with Crippen molar-refractivity contribution in [2.75, 3.05) is 12.3 Å². The van der Waals surface area contributed by atoms with E-state index in [1.165, 1.54) is 17.2 Å². The molecule has 2 aromatic rings. The predicted octanol–water partition coefficient (Wildman–Crippen LogP) is -1.81. The Morgan fingerprint density at radius 3 is 2.80 bits per heavy atom.